The molecule has 1 aliphatic heterocycles. The zero-order chi connectivity index (χ0) is 13.5. The number of rotatable bonds is 5. The minimum Gasteiger partial charge on any atom is -0.466 e. The fourth-order valence-corrected chi connectivity index (χ4v) is 2.33. The van der Waals surface area contributed by atoms with Crippen LogP contribution < -0.4 is 5.32 Å². The van der Waals surface area contributed by atoms with Crippen LogP contribution in [0.4, 0.5) is 0 Å². The Bertz CT molecular complexity index is 300. The number of carbonyl (C=O) groups is 2. The summed E-state index contributed by atoms with van der Waals surface area (Å²) in [6, 6.07) is 0. The van der Waals surface area contributed by atoms with Gasteiger partial charge in [0.1, 0.15) is 0 Å². The fourth-order valence-electron chi connectivity index (χ4n) is 2.33. The number of piperidine rings is 1. The van der Waals surface area contributed by atoms with Gasteiger partial charge >= 0.3 is 5.97 Å². The Labute approximate surface area is 121 Å². The molecule has 1 rings (SSSR count). The van der Waals surface area contributed by atoms with Crippen LogP contribution in [0.3, 0.4) is 0 Å². The minimum atomic E-state index is -0.170. The average molecular weight is 293 g/mol. The Morgan fingerprint density at radius 1 is 1.47 bits per heavy atom. The highest BCUT2D eigenvalue weighted by molar-refractivity contribution is 5.85. The number of hydrogen-bond donors (Lipinski definition) is 1. The van der Waals surface area contributed by atoms with E-state index in [0.717, 1.165) is 19.4 Å². The van der Waals surface area contributed by atoms with Gasteiger partial charge in [-0.3, -0.25) is 9.59 Å². The first kappa shape index (κ1) is 18.2. The third kappa shape index (κ3) is 5.37. The van der Waals surface area contributed by atoms with Crippen LogP contribution in [0, 0.1) is 11.8 Å². The van der Waals surface area contributed by atoms with E-state index in [-0.39, 0.29) is 36.1 Å². The Morgan fingerprint density at radius 2 is 2.16 bits per heavy atom. The van der Waals surface area contributed by atoms with Gasteiger partial charge in [0.25, 0.3) is 0 Å². The second kappa shape index (κ2) is 9.15. The number of esters is 1. The maximum atomic E-state index is 12.1. The van der Waals surface area contributed by atoms with E-state index >= 15 is 0 Å². The lowest BCUT2D eigenvalue weighted by atomic mass is 9.97. The van der Waals surface area contributed by atoms with E-state index in [0.29, 0.717) is 19.7 Å². The van der Waals surface area contributed by atoms with Crippen LogP contribution in [0.1, 0.15) is 26.7 Å². The maximum absolute atomic E-state index is 12.1. The van der Waals surface area contributed by atoms with Gasteiger partial charge in [-0.2, -0.15) is 0 Å². The molecule has 2 atom stereocenters. The topological polar surface area (TPSA) is 58.6 Å². The first-order valence-electron chi connectivity index (χ1n) is 6.70. The van der Waals surface area contributed by atoms with Crippen LogP contribution >= 0.6 is 12.4 Å². The molecular formula is C13H25ClN2O3. The molecule has 0 bridgehead atoms. The highest BCUT2D eigenvalue weighted by atomic mass is 35.5. The smallest absolute Gasteiger partial charge is 0.310 e. The van der Waals surface area contributed by atoms with Crippen molar-refractivity contribution in [2.75, 3.05) is 33.3 Å². The van der Waals surface area contributed by atoms with Crippen molar-refractivity contribution < 1.29 is 14.3 Å². The number of nitrogens with zero attached hydrogens (tertiary/aromatic N) is 1. The second-order valence-electron chi connectivity index (χ2n) is 4.83. The van der Waals surface area contributed by atoms with Crippen molar-refractivity contribution in [1.82, 2.24) is 10.2 Å². The Hall–Kier alpha value is -0.810. The molecular weight excluding hydrogens is 268 g/mol. The second-order valence-corrected chi connectivity index (χ2v) is 4.83. The van der Waals surface area contributed by atoms with Crippen molar-refractivity contribution in [2.24, 2.45) is 11.8 Å². The van der Waals surface area contributed by atoms with Gasteiger partial charge in [0.15, 0.2) is 0 Å². The highest BCUT2D eigenvalue weighted by Crippen LogP contribution is 2.19. The lowest BCUT2D eigenvalue weighted by Crippen LogP contribution is -2.46. The molecule has 1 saturated heterocycles. The molecule has 0 aromatic carbocycles. The lowest BCUT2D eigenvalue weighted by molar-refractivity contribution is -0.151. The Balaban J connectivity index is 0.00000324. The molecule has 1 amide bonds. The van der Waals surface area contributed by atoms with Crippen molar-refractivity contribution in [3.63, 3.8) is 0 Å². The van der Waals surface area contributed by atoms with Gasteiger partial charge in [-0.1, -0.05) is 6.92 Å². The summed E-state index contributed by atoms with van der Waals surface area (Å²) in [6.45, 7) is 6.04. The summed E-state index contributed by atoms with van der Waals surface area (Å²) in [4.78, 5) is 25.6. The van der Waals surface area contributed by atoms with Crippen molar-refractivity contribution in [1.29, 1.82) is 0 Å². The molecule has 1 fully saturated rings. The van der Waals surface area contributed by atoms with E-state index in [9.17, 15) is 9.59 Å². The molecule has 6 heteroatoms. The van der Waals surface area contributed by atoms with E-state index < -0.39 is 0 Å². The molecule has 0 saturated carbocycles. The van der Waals surface area contributed by atoms with Crippen molar-refractivity contribution in [3.8, 4) is 0 Å². The van der Waals surface area contributed by atoms with Crippen LogP contribution in [0.5, 0.6) is 0 Å². The zero-order valence-electron chi connectivity index (χ0n) is 12.0. The average Bonchev–Trinajstić information content (AvgIpc) is 2.38. The SMILES string of the molecule is CCOC(=O)C1CCCN(C(=O)C(C)CNC)C1.Cl. The van der Waals surface area contributed by atoms with Gasteiger partial charge in [0, 0.05) is 25.6 Å². The van der Waals surface area contributed by atoms with Gasteiger partial charge < -0.3 is 15.0 Å². The Kier molecular flexibility index (Phi) is 8.76. The van der Waals surface area contributed by atoms with E-state index in [2.05, 4.69) is 5.32 Å². The zero-order valence-corrected chi connectivity index (χ0v) is 12.8. The fraction of sp³-hybridized carbons (Fsp3) is 0.846. The van der Waals surface area contributed by atoms with E-state index in [1.807, 2.05) is 14.0 Å². The van der Waals surface area contributed by atoms with Gasteiger partial charge in [-0.05, 0) is 26.8 Å². The summed E-state index contributed by atoms with van der Waals surface area (Å²) < 4.78 is 5.03. The number of likely N-dealkylation sites (tertiary alicyclic amines) is 1. The maximum Gasteiger partial charge on any atom is 0.310 e. The van der Waals surface area contributed by atoms with Gasteiger partial charge in [-0.15, -0.1) is 12.4 Å². The number of amides is 1. The minimum absolute atomic E-state index is 0. The van der Waals surface area contributed by atoms with Crippen LogP contribution in [0.15, 0.2) is 0 Å². The van der Waals surface area contributed by atoms with E-state index in [1.165, 1.54) is 0 Å². The van der Waals surface area contributed by atoms with Crippen LogP contribution in [0.25, 0.3) is 0 Å². The Morgan fingerprint density at radius 3 is 2.74 bits per heavy atom. The van der Waals surface area contributed by atoms with Gasteiger partial charge in [0.2, 0.25) is 5.91 Å². The number of ether oxygens (including phenoxy) is 1. The first-order chi connectivity index (χ1) is 8.60. The molecule has 0 radical (unpaired) electrons. The predicted octanol–water partition coefficient (Wildman–Crippen LogP) is 1.07. The summed E-state index contributed by atoms with van der Waals surface area (Å²) in [5.74, 6) is -0.241. The quantitative estimate of drug-likeness (QED) is 0.770. The van der Waals surface area contributed by atoms with E-state index in [1.54, 1.807) is 11.8 Å². The molecule has 2 unspecified atom stereocenters. The molecule has 1 N–H and O–H groups in total. The molecule has 0 aliphatic carbocycles. The van der Waals surface area contributed by atoms with Crippen molar-refractivity contribution in [2.45, 2.75) is 26.7 Å². The summed E-state index contributed by atoms with van der Waals surface area (Å²) in [7, 11) is 1.83. The molecule has 0 aromatic rings. The summed E-state index contributed by atoms with van der Waals surface area (Å²) >= 11 is 0. The van der Waals surface area contributed by atoms with Gasteiger partial charge in [0.05, 0.1) is 12.5 Å². The lowest BCUT2D eigenvalue weighted by Gasteiger charge is -2.33. The summed E-state index contributed by atoms with van der Waals surface area (Å²) in [5, 5.41) is 3.00. The number of hydrogen-bond acceptors (Lipinski definition) is 4. The van der Waals surface area contributed by atoms with Crippen molar-refractivity contribution >= 4 is 24.3 Å². The summed E-state index contributed by atoms with van der Waals surface area (Å²) in [5.41, 5.74) is 0. The monoisotopic (exact) mass is 292 g/mol. The van der Waals surface area contributed by atoms with Crippen LogP contribution in [0.2, 0.25) is 0 Å². The molecule has 1 heterocycles. The molecule has 5 nitrogen and oxygen atoms in total. The molecule has 19 heavy (non-hydrogen) atoms. The first-order valence-corrected chi connectivity index (χ1v) is 6.70. The summed E-state index contributed by atoms with van der Waals surface area (Å²) in [6.07, 6.45) is 1.70. The van der Waals surface area contributed by atoms with Crippen LogP contribution in [-0.4, -0.2) is 50.1 Å². The number of nitrogens with one attached hydrogen (secondary N) is 1. The molecule has 1 aliphatic rings. The largest absolute Gasteiger partial charge is 0.466 e. The molecule has 0 aromatic heterocycles. The van der Waals surface area contributed by atoms with E-state index in [4.69, 9.17) is 4.74 Å². The third-order valence-corrected chi connectivity index (χ3v) is 3.28. The number of carbonyl (C=O) groups excluding carboxylic acids is 2. The predicted molar refractivity (Wildman–Crippen MR) is 76.3 cm³/mol. The third-order valence-electron chi connectivity index (χ3n) is 3.28. The molecule has 0 spiro atoms. The number of halogens is 1. The normalized spacial score (nSPS) is 20.4. The molecule has 112 valence electrons. The van der Waals surface area contributed by atoms with Crippen molar-refractivity contribution in [3.05, 3.63) is 0 Å². The highest BCUT2D eigenvalue weighted by Gasteiger charge is 2.30. The van der Waals surface area contributed by atoms with Gasteiger partial charge in [-0.25, -0.2) is 0 Å². The standard InChI is InChI=1S/C13H24N2O3.ClH/c1-4-18-13(17)11-6-5-7-15(9-11)12(16)10(2)8-14-3;/h10-11,14H,4-9H2,1-3H3;1H. The van der Waals surface area contributed by atoms with Crippen LogP contribution in [-0.2, 0) is 14.3 Å².